The van der Waals surface area contributed by atoms with E-state index >= 15 is 0 Å². The van der Waals surface area contributed by atoms with E-state index in [0.717, 1.165) is 17.7 Å². The molecule has 2 rings (SSSR count). The summed E-state index contributed by atoms with van der Waals surface area (Å²) in [5.41, 5.74) is 0.263. The van der Waals surface area contributed by atoms with Gasteiger partial charge in [-0.2, -0.15) is 11.8 Å². The minimum absolute atomic E-state index is 0.0368. The average molecular weight is 300 g/mol. The van der Waals surface area contributed by atoms with Crippen molar-refractivity contribution in [2.75, 3.05) is 18.1 Å². The van der Waals surface area contributed by atoms with Crippen molar-refractivity contribution in [3.05, 3.63) is 34.9 Å². The van der Waals surface area contributed by atoms with Crippen LogP contribution in [0.25, 0.3) is 0 Å². The molecule has 1 fully saturated rings. The fraction of sp³-hybridized carbons (Fsp3) is 0.500. The molecule has 0 bridgehead atoms. The second-order valence-corrected chi connectivity index (χ2v) is 6.41. The average Bonchev–Trinajstić information content (AvgIpc) is 2.83. The van der Waals surface area contributed by atoms with Gasteiger partial charge in [-0.15, -0.1) is 0 Å². The van der Waals surface area contributed by atoms with Crippen molar-refractivity contribution in [1.29, 1.82) is 0 Å². The van der Waals surface area contributed by atoms with Crippen LogP contribution in [0.15, 0.2) is 24.3 Å². The molecule has 19 heavy (non-hydrogen) atoms. The fourth-order valence-corrected chi connectivity index (χ4v) is 3.56. The summed E-state index contributed by atoms with van der Waals surface area (Å²) < 4.78 is 0. The lowest BCUT2D eigenvalue weighted by Gasteiger charge is -2.21. The van der Waals surface area contributed by atoms with Gasteiger partial charge in [-0.1, -0.05) is 29.8 Å². The molecule has 1 atom stereocenters. The monoisotopic (exact) mass is 299 g/mol. The summed E-state index contributed by atoms with van der Waals surface area (Å²) in [4.78, 5) is 11.8. The van der Waals surface area contributed by atoms with Gasteiger partial charge in [0.05, 0.1) is 5.60 Å². The predicted molar refractivity (Wildman–Crippen MR) is 79.7 cm³/mol. The number of rotatable bonds is 5. The minimum Gasteiger partial charge on any atom is -0.387 e. The molecular formula is C14H18ClNO2S. The van der Waals surface area contributed by atoms with Crippen molar-refractivity contribution in [2.45, 2.75) is 24.9 Å². The predicted octanol–water partition coefficient (Wildman–Crippen LogP) is 2.26. The summed E-state index contributed by atoms with van der Waals surface area (Å²) in [7, 11) is 0. The van der Waals surface area contributed by atoms with Crippen LogP contribution in [0.3, 0.4) is 0 Å². The lowest BCUT2D eigenvalue weighted by Crippen LogP contribution is -2.43. The number of amides is 1. The number of aliphatic hydroxyl groups is 1. The summed E-state index contributed by atoms with van der Waals surface area (Å²) >= 11 is 7.76. The zero-order chi connectivity index (χ0) is 13.7. The first-order valence-corrected chi connectivity index (χ1v) is 7.93. The van der Waals surface area contributed by atoms with Gasteiger partial charge in [0.2, 0.25) is 5.91 Å². The zero-order valence-corrected chi connectivity index (χ0v) is 12.3. The quantitative estimate of drug-likeness (QED) is 0.877. The number of hydrogen-bond acceptors (Lipinski definition) is 3. The van der Waals surface area contributed by atoms with Crippen LogP contribution in [0.5, 0.6) is 0 Å². The Bertz CT molecular complexity index is 447. The van der Waals surface area contributed by atoms with Gasteiger partial charge in [-0.05, 0) is 30.2 Å². The molecule has 1 aromatic carbocycles. The fourth-order valence-electron chi connectivity index (χ4n) is 2.04. The van der Waals surface area contributed by atoms with Crippen LogP contribution >= 0.6 is 23.4 Å². The largest absolute Gasteiger partial charge is 0.387 e. The minimum atomic E-state index is -0.718. The number of hydrogen-bond donors (Lipinski definition) is 2. The molecule has 1 amide bonds. The molecule has 1 aromatic rings. The van der Waals surface area contributed by atoms with Crippen molar-refractivity contribution in [3.63, 3.8) is 0 Å². The normalized spacial score (nSPS) is 22.4. The molecule has 1 unspecified atom stereocenters. The molecule has 0 aromatic heterocycles. The third-order valence-corrected chi connectivity index (χ3v) is 4.88. The first kappa shape index (κ1) is 14.7. The van der Waals surface area contributed by atoms with Gasteiger partial charge >= 0.3 is 0 Å². The highest BCUT2D eigenvalue weighted by Gasteiger charge is 2.31. The summed E-state index contributed by atoms with van der Waals surface area (Å²) in [6.45, 7) is 0.349. The van der Waals surface area contributed by atoms with Crippen LogP contribution in [0.1, 0.15) is 18.4 Å². The number of benzene rings is 1. The number of halogens is 1. The Morgan fingerprint density at radius 1 is 1.47 bits per heavy atom. The van der Waals surface area contributed by atoms with E-state index in [9.17, 15) is 9.90 Å². The molecule has 104 valence electrons. The van der Waals surface area contributed by atoms with E-state index in [0.29, 0.717) is 30.2 Å². The maximum absolute atomic E-state index is 11.8. The second kappa shape index (κ2) is 6.64. The Hall–Kier alpha value is -0.710. The van der Waals surface area contributed by atoms with E-state index in [1.807, 2.05) is 24.3 Å². The molecule has 0 radical (unpaired) electrons. The number of carbonyl (C=O) groups excluding carboxylic acids is 1. The Morgan fingerprint density at radius 3 is 2.95 bits per heavy atom. The molecule has 2 N–H and O–H groups in total. The number of carbonyl (C=O) groups is 1. The van der Waals surface area contributed by atoms with Gasteiger partial charge in [-0.25, -0.2) is 0 Å². The Morgan fingerprint density at radius 2 is 2.26 bits per heavy atom. The first-order chi connectivity index (χ1) is 9.09. The highest BCUT2D eigenvalue weighted by Crippen LogP contribution is 2.27. The topological polar surface area (TPSA) is 49.3 Å². The third-order valence-electron chi connectivity index (χ3n) is 3.28. The standard InChI is InChI=1S/C14H18ClNO2S/c15-12-4-2-1-3-11(12)5-6-13(17)16-9-14(18)7-8-19-10-14/h1-4,18H,5-10H2,(H,16,17). The van der Waals surface area contributed by atoms with Gasteiger partial charge in [0.25, 0.3) is 0 Å². The van der Waals surface area contributed by atoms with Crippen molar-refractivity contribution in [3.8, 4) is 0 Å². The SMILES string of the molecule is O=C(CCc1ccccc1Cl)NCC1(O)CCSC1. The molecule has 5 heteroatoms. The number of aryl methyl sites for hydroxylation is 1. The second-order valence-electron chi connectivity index (χ2n) is 4.90. The lowest BCUT2D eigenvalue weighted by molar-refractivity contribution is -0.122. The molecule has 3 nitrogen and oxygen atoms in total. The van der Waals surface area contributed by atoms with E-state index in [1.54, 1.807) is 11.8 Å². The van der Waals surface area contributed by atoms with Gasteiger partial charge in [-0.3, -0.25) is 4.79 Å². The highest BCUT2D eigenvalue weighted by molar-refractivity contribution is 7.99. The Labute approximate surface area is 122 Å². The summed E-state index contributed by atoms with van der Waals surface area (Å²) in [5.74, 6) is 1.63. The van der Waals surface area contributed by atoms with Crippen LogP contribution < -0.4 is 5.32 Å². The Kier molecular flexibility index (Phi) is 5.13. The van der Waals surface area contributed by atoms with E-state index in [1.165, 1.54) is 0 Å². The van der Waals surface area contributed by atoms with E-state index in [2.05, 4.69) is 5.32 Å². The van der Waals surface area contributed by atoms with Crippen molar-refractivity contribution in [2.24, 2.45) is 0 Å². The van der Waals surface area contributed by atoms with Crippen LogP contribution in [0.4, 0.5) is 0 Å². The van der Waals surface area contributed by atoms with E-state index in [4.69, 9.17) is 11.6 Å². The Balaban J connectivity index is 1.74. The van der Waals surface area contributed by atoms with E-state index < -0.39 is 5.60 Å². The summed E-state index contributed by atoms with van der Waals surface area (Å²) in [6, 6.07) is 7.54. The van der Waals surface area contributed by atoms with Gasteiger partial charge < -0.3 is 10.4 Å². The lowest BCUT2D eigenvalue weighted by atomic mass is 10.0. The molecule has 1 saturated heterocycles. The molecule has 1 aliphatic heterocycles. The van der Waals surface area contributed by atoms with E-state index in [-0.39, 0.29) is 5.91 Å². The molecule has 1 heterocycles. The van der Waals surface area contributed by atoms with Crippen LogP contribution in [-0.4, -0.2) is 34.7 Å². The number of nitrogens with one attached hydrogen (secondary N) is 1. The maximum atomic E-state index is 11.8. The van der Waals surface area contributed by atoms with Gasteiger partial charge in [0.1, 0.15) is 0 Å². The zero-order valence-electron chi connectivity index (χ0n) is 10.7. The van der Waals surface area contributed by atoms with Crippen molar-refractivity contribution in [1.82, 2.24) is 5.32 Å². The van der Waals surface area contributed by atoms with Crippen LogP contribution in [0, 0.1) is 0 Å². The van der Waals surface area contributed by atoms with Crippen molar-refractivity contribution >= 4 is 29.3 Å². The first-order valence-electron chi connectivity index (χ1n) is 6.39. The molecule has 0 saturated carbocycles. The highest BCUT2D eigenvalue weighted by atomic mass is 35.5. The summed E-state index contributed by atoms with van der Waals surface area (Å²) in [5, 5.41) is 13.6. The molecule has 1 aliphatic rings. The molecular weight excluding hydrogens is 282 g/mol. The van der Waals surface area contributed by atoms with Gasteiger partial charge in [0, 0.05) is 23.7 Å². The summed E-state index contributed by atoms with van der Waals surface area (Å²) in [6.07, 6.45) is 1.77. The third kappa shape index (κ3) is 4.41. The van der Waals surface area contributed by atoms with Crippen molar-refractivity contribution < 1.29 is 9.90 Å². The van der Waals surface area contributed by atoms with Crippen LogP contribution in [0.2, 0.25) is 5.02 Å². The maximum Gasteiger partial charge on any atom is 0.220 e. The van der Waals surface area contributed by atoms with Gasteiger partial charge in [0.15, 0.2) is 0 Å². The smallest absolute Gasteiger partial charge is 0.220 e. The number of thioether (sulfide) groups is 1. The molecule has 0 spiro atoms. The van der Waals surface area contributed by atoms with Crippen LogP contribution in [-0.2, 0) is 11.2 Å². The molecule has 0 aliphatic carbocycles.